The van der Waals surface area contributed by atoms with Gasteiger partial charge in [-0.3, -0.25) is 0 Å². The molecule has 110 valence electrons. The van der Waals surface area contributed by atoms with Crippen LogP contribution in [0.1, 0.15) is 0 Å². The van der Waals surface area contributed by atoms with E-state index in [0.29, 0.717) is 22.7 Å². The van der Waals surface area contributed by atoms with Gasteiger partial charge in [0.15, 0.2) is 0 Å². The van der Waals surface area contributed by atoms with Gasteiger partial charge in [0.25, 0.3) is 0 Å². The number of rotatable bonds is 2. The molecule has 8 N–H and O–H groups in total. The molecule has 3 aromatic rings. The van der Waals surface area contributed by atoms with Crippen molar-refractivity contribution in [2.45, 2.75) is 0 Å². The van der Waals surface area contributed by atoms with Crippen molar-refractivity contribution in [3.05, 3.63) is 60.7 Å². The lowest BCUT2D eigenvalue weighted by Crippen LogP contribution is -2.05. The molecule has 0 saturated carbocycles. The maximum Gasteiger partial charge on any atom is 0.0809 e. The zero-order chi connectivity index (χ0) is 15.7. The maximum atomic E-state index is 6.17. The van der Waals surface area contributed by atoms with Crippen LogP contribution in [0.15, 0.2) is 60.7 Å². The third kappa shape index (κ3) is 2.20. The van der Waals surface area contributed by atoms with Crippen LogP contribution in [0.5, 0.6) is 0 Å². The Bertz CT molecular complexity index is 826. The van der Waals surface area contributed by atoms with Crippen molar-refractivity contribution < 1.29 is 0 Å². The molecule has 0 radical (unpaired) electrons. The van der Waals surface area contributed by atoms with E-state index in [-0.39, 0.29) is 0 Å². The summed E-state index contributed by atoms with van der Waals surface area (Å²) in [5, 5.41) is 0. The summed E-state index contributed by atoms with van der Waals surface area (Å²) in [7, 11) is 0. The van der Waals surface area contributed by atoms with E-state index in [1.165, 1.54) is 0 Å². The summed E-state index contributed by atoms with van der Waals surface area (Å²) in [6.07, 6.45) is 0. The molecule has 0 aromatic heterocycles. The summed E-state index contributed by atoms with van der Waals surface area (Å²) in [5.41, 5.74) is 29.4. The molecule has 0 bridgehead atoms. The minimum Gasteiger partial charge on any atom is -0.397 e. The number of hydrogen-bond acceptors (Lipinski definition) is 4. The molecule has 0 unspecified atom stereocenters. The molecule has 3 aromatic carbocycles. The fraction of sp³-hybridized carbons (Fsp3) is 0. The highest BCUT2D eigenvalue weighted by Gasteiger charge is 2.14. The minimum atomic E-state index is 0.331. The standard InChI is InChI=1S/C18H18N4/c19-15-10-14(16(20)18(22)17(15)21)13-9-5-4-8-12(13)11-6-2-1-3-7-11/h1-10H,19-22H2. The van der Waals surface area contributed by atoms with Gasteiger partial charge in [0.1, 0.15) is 0 Å². The van der Waals surface area contributed by atoms with E-state index in [9.17, 15) is 0 Å². The van der Waals surface area contributed by atoms with Gasteiger partial charge in [-0.15, -0.1) is 0 Å². The van der Waals surface area contributed by atoms with Gasteiger partial charge in [0.05, 0.1) is 22.7 Å². The van der Waals surface area contributed by atoms with E-state index in [2.05, 4.69) is 12.1 Å². The third-order valence-electron chi connectivity index (χ3n) is 3.78. The molecule has 0 heterocycles. The molecule has 0 aliphatic carbocycles. The highest BCUT2D eigenvalue weighted by Crippen LogP contribution is 2.41. The summed E-state index contributed by atoms with van der Waals surface area (Å²) in [4.78, 5) is 0. The lowest BCUT2D eigenvalue weighted by atomic mass is 9.92. The Hall–Kier alpha value is -3.14. The highest BCUT2D eigenvalue weighted by atomic mass is 14.8. The molecular weight excluding hydrogens is 272 g/mol. The number of nitrogens with two attached hydrogens (primary N) is 4. The second-order valence-corrected chi connectivity index (χ2v) is 5.17. The summed E-state index contributed by atoms with van der Waals surface area (Å²) in [6.45, 7) is 0. The fourth-order valence-corrected chi connectivity index (χ4v) is 2.57. The molecule has 0 aliphatic heterocycles. The van der Waals surface area contributed by atoms with Crippen molar-refractivity contribution in [1.82, 2.24) is 0 Å². The van der Waals surface area contributed by atoms with Gasteiger partial charge in [-0.25, -0.2) is 0 Å². The average molecular weight is 290 g/mol. The predicted octanol–water partition coefficient (Wildman–Crippen LogP) is 3.35. The number of benzene rings is 3. The van der Waals surface area contributed by atoms with Crippen LogP contribution < -0.4 is 22.9 Å². The molecule has 0 spiro atoms. The average Bonchev–Trinajstić information content (AvgIpc) is 2.57. The number of anilines is 4. The lowest BCUT2D eigenvalue weighted by Gasteiger charge is -2.16. The molecular formula is C18H18N4. The topological polar surface area (TPSA) is 104 Å². The second kappa shape index (κ2) is 5.33. The van der Waals surface area contributed by atoms with E-state index < -0.39 is 0 Å². The van der Waals surface area contributed by atoms with Crippen molar-refractivity contribution in [1.29, 1.82) is 0 Å². The summed E-state index contributed by atoms with van der Waals surface area (Å²) in [5.74, 6) is 0. The molecule has 0 fully saturated rings. The van der Waals surface area contributed by atoms with Crippen LogP contribution in [0.3, 0.4) is 0 Å². The van der Waals surface area contributed by atoms with Crippen LogP contribution in [0.2, 0.25) is 0 Å². The van der Waals surface area contributed by atoms with Gasteiger partial charge in [0, 0.05) is 5.56 Å². The maximum absolute atomic E-state index is 6.17. The minimum absolute atomic E-state index is 0.331. The summed E-state index contributed by atoms with van der Waals surface area (Å²) >= 11 is 0. The van der Waals surface area contributed by atoms with Crippen LogP contribution in [-0.4, -0.2) is 0 Å². The molecule has 4 nitrogen and oxygen atoms in total. The SMILES string of the molecule is Nc1cc(-c2ccccc2-c2ccccc2)c(N)c(N)c1N. The Morgan fingerprint density at radius 2 is 1.09 bits per heavy atom. The fourth-order valence-electron chi connectivity index (χ4n) is 2.57. The first kappa shape index (κ1) is 13.8. The zero-order valence-electron chi connectivity index (χ0n) is 12.1. The van der Waals surface area contributed by atoms with E-state index in [1.54, 1.807) is 6.07 Å². The largest absolute Gasteiger partial charge is 0.397 e. The van der Waals surface area contributed by atoms with Crippen LogP contribution in [0.4, 0.5) is 22.7 Å². The van der Waals surface area contributed by atoms with Gasteiger partial charge in [-0.2, -0.15) is 0 Å². The highest BCUT2D eigenvalue weighted by molar-refractivity contribution is 5.99. The van der Waals surface area contributed by atoms with Crippen molar-refractivity contribution in [2.75, 3.05) is 22.9 Å². The molecule has 22 heavy (non-hydrogen) atoms. The van der Waals surface area contributed by atoms with Crippen molar-refractivity contribution in [3.63, 3.8) is 0 Å². The monoisotopic (exact) mass is 290 g/mol. The van der Waals surface area contributed by atoms with Crippen molar-refractivity contribution >= 4 is 22.7 Å². The Morgan fingerprint density at radius 3 is 1.77 bits per heavy atom. The molecule has 0 amide bonds. The van der Waals surface area contributed by atoms with Crippen LogP contribution >= 0.6 is 0 Å². The van der Waals surface area contributed by atoms with E-state index in [4.69, 9.17) is 22.9 Å². The van der Waals surface area contributed by atoms with Crippen LogP contribution in [0.25, 0.3) is 22.3 Å². The first-order valence-electron chi connectivity index (χ1n) is 6.97. The molecule has 0 saturated heterocycles. The molecule has 0 atom stereocenters. The molecule has 0 aliphatic rings. The van der Waals surface area contributed by atoms with Crippen LogP contribution in [-0.2, 0) is 0 Å². The van der Waals surface area contributed by atoms with E-state index in [0.717, 1.165) is 22.3 Å². The Morgan fingerprint density at radius 1 is 0.500 bits per heavy atom. The normalized spacial score (nSPS) is 10.5. The Labute approximate surface area is 129 Å². The second-order valence-electron chi connectivity index (χ2n) is 5.17. The van der Waals surface area contributed by atoms with Gasteiger partial charge in [0.2, 0.25) is 0 Å². The van der Waals surface area contributed by atoms with Gasteiger partial charge in [-0.05, 0) is 22.8 Å². The van der Waals surface area contributed by atoms with Gasteiger partial charge < -0.3 is 22.9 Å². The lowest BCUT2D eigenvalue weighted by molar-refractivity contribution is 1.57. The van der Waals surface area contributed by atoms with E-state index in [1.807, 2.05) is 42.5 Å². The number of nitrogen functional groups attached to an aromatic ring is 4. The summed E-state index contributed by atoms with van der Waals surface area (Å²) < 4.78 is 0. The first-order chi connectivity index (χ1) is 10.6. The number of hydrogen-bond donors (Lipinski definition) is 4. The van der Waals surface area contributed by atoms with Gasteiger partial charge in [-0.1, -0.05) is 54.6 Å². The van der Waals surface area contributed by atoms with Crippen molar-refractivity contribution in [3.8, 4) is 22.3 Å². The summed E-state index contributed by atoms with van der Waals surface area (Å²) in [6, 6.07) is 19.9. The quantitative estimate of drug-likeness (QED) is 0.543. The van der Waals surface area contributed by atoms with Crippen molar-refractivity contribution in [2.24, 2.45) is 0 Å². The smallest absolute Gasteiger partial charge is 0.0809 e. The predicted molar refractivity (Wildman–Crippen MR) is 95.0 cm³/mol. The first-order valence-corrected chi connectivity index (χ1v) is 6.97. The van der Waals surface area contributed by atoms with E-state index >= 15 is 0 Å². The van der Waals surface area contributed by atoms with Gasteiger partial charge >= 0.3 is 0 Å². The zero-order valence-corrected chi connectivity index (χ0v) is 12.1. The Kier molecular flexibility index (Phi) is 3.35. The third-order valence-corrected chi connectivity index (χ3v) is 3.78. The Balaban J connectivity index is 2.27. The molecule has 3 rings (SSSR count). The van der Waals surface area contributed by atoms with Crippen LogP contribution in [0, 0.1) is 0 Å². The molecule has 4 heteroatoms.